The normalized spacial score (nSPS) is 10.8. The third kappa shape index (κ3) is 5.14. The highest BCUT2D eigenvalue weighted by molar-refractivity contribution is 7.08. The molecule has 0 fully saturated rings. The van der Waals surface area contributed by atoms with E-state index in [4.69, 9.17) is 10.3 Å². The second-order valence-electron chi connectivity index (χ2n) is 5.32. The van der Waals surface area contributed by atoms with Gasteiger partial charge in [-0.15, -0.1) is 12.4 Å². The third-order valence-corrected chi connectivity index (χ3v) is 4.29. The van der Waals surface area contributed by atoms with Crippen molar-refractivity contribution in [2.24, 2.45) is 5.73 Å². The Balaban J connectivity index is 0.00000208. The highest BCUT2D eigenvalue weighted by Crippen LogP contribution is 2.19. The fourth-order valence-electron chi connectivity index (χ4n) is 2.40. The van der Waals surface area contributed by atoms with Crippen LogP contribution in [-0.2, 0) is 13.0 Å². The van der Waals surface area contributed by atoms with Crippen molar-refractivity contribution in [1.29, 1.82) is 0 Å². The first-order chi connectivity index (χ1) is 11.3. The van der Waals surface area contributed by atoms with Crippen LogP contribution in [0, 0.1) is 0 Å². The molecule has 1 aromatic carbocycles. The Hall–Kier alpha value is -1.73. The number of nitrogens with zero attached hydrogens (tertiary/aromatic N) is 3. The van der Waals surface area contributed by atoms with Gasteiger partial charge in [0.15, 0.2) is 0 Å². The van der Waals surface area contributed by atoms with Gasteiger partial charge in [0.05, 0.1) is 6.54 Å². The van der Waals surface area contributed by atoms with Gasteiger partial charge in [0, 0.05) is 30.6 Å². The zero-order chi connectivity index (χ0) is 15.9. The van der Waals surface area contributed by atoms with E-state index in [0.29, 0.717) is 24.8 Å². The van der Waals surface area contributed by atoms with Gasteiger partial charge in [-0.1, -0.05) is 35.5 Å². The molecular formula is C17H21ClN4OS. The molecule has 3 aromatic rings. The molecule has 0 amide bonds. The molecule has 0 bridgehead atoms. The van der Waals surface area contributed by atoms with Crippen molar-refractivity contribution in [2.45, 2.75) is 13.0 Å². The Morgan fingerprint density at radius 2 is 1.96 bits per heavy atom. The van der Waals surface area contributed by atoms with E-state index in [-0.39, 0.29) is 12.4 Å². The topological polar surface area (TPSA) is 68.2 Å². The van der Waals surface area contributed by atoms with Gasteiger partial charge in [-0.05, 0) is 23.4 Å². The van der Waals surface area contributed by atoms with Crippen LogP contribution in [-0.4, -0.2) is 34.7 Å². The van der Waals surface area contributed by atoms with Gasteiger partial charge in [0.2, 0.25) is 11.7 Å². The van der Waals surface area contributed by atoms with Crippen LogP contribution >= 0.6 is 23.7 Å². The van der Waals surface area contributed by atoms with Gasteiger partial charge >= 0.3 is 0 Å². The lowest BCUT2D eigenvalue weighted by Crippen LogP contribution is -2.31. The average molecular weight is 365 g/mol. The van der Waals surface area contributed by atoms with E-state index in [1.165, 1.54) is 5.56 Å². The molecule has 0 saturated heterocycles. The fourth-order valence-corrected chi connectivity index (χ4v) is 3.04. The quantitative estimate of drug-likeness (QED) is 0.664. The molecule has 128 valence electrons. The molecule has 5 nitrogen and oxygen atoms in total. The van der Waals surface area contributed by atoms with Crippen molar-refractivity contribution < 1.29 is 4.52 Å². The summed E-state index contributed by atoms with van der Waals surface area (Å²) < 4.78 is 5.38. The smallest absolute Gasteiger partial charge is 0.241 e. The van der Waals surface area contributed by atoms with E-state index >= 15 is 0 Å². The maximum atomic E-state index is 5.73. The molecule has 0 aliphatic heterocycles. The number of nitrogens with two attached hydrogens (primary N) is 1. The second-order valence-corrected chi connectivity index (χ2v) is 6.10. The number of hydrogen-bond donors (Lipinski definition) is 1. The summed E-state index contributed by atoms with van der Waals surface area (Å²) in [5.41, 5.74) is 8.05. The van der Waals surface area contributed by atoms with Crippen LogP contribution in [0.25, 0.3) is 11.4 Å². The molecule has 3 rings (SSSR count). The minimum Gasteiger partial charge on any atom is -0.338 e. The maximum Gasteiger partial charge on any atom is 0.241 e. The molecule has 24 heavy (non-hydrogen) atoms. The number of aromatic nitrogens is 2. The van der Waals surface area contributed by atoms with Crippen LogP contribution in [0.1, 0.15) is 11.5 Å². The molecule has 0 aliphatic carbocycles. The zero-order valence-corrected chi connectivity index (χ0v) is 14.9. The summed E-state index contributed by atoms with van der Waals surface area (Å²) in [6, 6.07) is 12.4. The van der Waals surface area contributed by atoms with Crippen molar-refractivity contribution in [1.82, 2.24) is 15.0 Å². The molecule has 0 atom stereocenters. The first-order valence-corrected chi connectivity index (χ1v) is 8.61. The lowest BCUT2D eigenvalue weighted by molar-refractivity contribution is 0.234. The highest BCUT2D eigenvalue weighted by atomic mass is 35.5. The number of rotatable bonds is 8. The predicted octanol–water partition coefficient (Wildman–Crippen LogP) is 3.22. The standard InChI is InChI=1S/C17H20N4OS.ClH/c18-8-10-21(9-6-14-4-2-1-3-5-14)12-16-19-17(20-22-16)15-7-11-23-13-15;/h1-5,7,11,13H,6,8-10,12,18H2;1H. The Morgan fingerprint density at radius 1 is 1.12 bits per heavy atom. The summed E-state index contributed by atoms with van der Waals surface area (Å²) in [5.74, 6) is 1.28. The van der Waals surface area contributed by atoms with Gasteiger partial charge in [0.25, 0.3) is 0 Å². The first-order valence-electron chi connectivity index (χ1n) is 7.66. The minimum atomic E-state index is 0. The van der Waals surface area contributed by atoms with Gasteiger partial charge in [-0.3, -0.25) is 4.90 Å². The molecule has 0 spiro atoms. The van der Waals surface area contributed by atoms with Gasteiger partial charge < -0.3 is 10.3 Å². The highest BCUT2D eigenvalue weighted by Gasteiger charge is 2.13. The lowest BCUT2D eigenvalue weighted by Gasteiger charge is -2.19. The van der Waals surface area contributed by atoms with E-state index < -0.39 is 0 Å². The first kappa shape index (κ1) is 18.6. The van der Waals surface area contributed by atoms with Crippen LogP contribution in [0.4, 0.5) is 0 Å². The van der Waals surface area contributed by atoms with E-state index in [9.17, 15) is 0 Å². The van der Waals surface area contributed by atoms with Crippen molar-refractivity contribution in [3.63, 3.8) is 0 Å². The summed E-state index contributed by atoms with van der Waals surface area (Å²) >= 11 is 1.62. The molecule has 0 radical (unpaired) electrons. The van der Waals surface area contributed by atoms with Gasteiger partial charge in [-0.2, -0.15) is 16.3 Å². The van der Waals surface area contributed by atoms with Crippen LogP contribution < -0.4 is 5.73 Å². The van der Waals surface area contributed by atoms with Crippen molar-refractivity contribution in [3.8, 4) is 11.4 Å². The van der Waals surface area contributed by atoms with E-state index in [1.807, 2.05) is 22.9 Å². The number of halogens is 1. The Morgan fingerprint density at radius 3 is 2.67 bits per heavy atom. The Bertz CT molecular complexity index is 702. The SMILES string of the molecule is Cl.NCCN(CCc1ccccc1)Cc1nc(-c2ccsc2)no1. The number of hydrogen-bond acceptors (Lipinski definition) is 6. The largest absolute Gasteiger partial charge is 0.338 e. The number of benzene rings is 1. The van der Waals surface area contributed by atoms with E-state index in [2.05, 4.69) is 39.3 Å². The molecule has 2 heterocycles. The van der Waals surface area contributed by atoms with Crippen LogP contribution in [0.2, 0.25) is 0 Å². The molecule has 2 aromatic heterocycles. The Kier molecular flexibility index (Phi) is 7.39. The van der Waals surface area contributed by atoms with Crippen molar-refractivity contribution in [2.75, 3.05) is 19.6 Å². The lowest BCUT2D eigenvalue weighted by atomic mass is 10.1. The van der Waals surface area contributed by atoms with Gasteiger partial charge in [-0.25, -0.2) is 0 Å². The Labute approximate surface area is 151 Å². The fraction of sp³-hybridized carbons (Fsp3) is 0.294. The average Bonchev–Trinajstić information content (AvgIpc) is 3.25. The second kappa shape index (κ2) is 9.54. The predicted molar refractivity (Wildman–Crippen MR) is 99.3 cm³/mol. The molecule has 7 heteroatoms. The molecule has 0 aliphatic rings. The monoisotopic (exact) mass is 364 g/mol. The van der Waals surface area contributed by atoms with Crippen LogP contribution in [0.5, 0.6) is 0 Å². The number of thiophene rings is 1. The molecule has 0 unspecified atom stereocenters. The van der Waals surface area contributed by atoms with Crippen LogP contribution in [0.15, 0.2) is 51.7 Å². The van der Waals surface area contributed by atoms with Gasteiger partial charge in [0.1, 0.15) is 0 Å². The summed E-state index contributed by atoms with van der Waals surface area (Å²) in [4.78, 5) is 6.72. The van der Waals surface area contributed by atoms with Crippen molar-refractivity contribution in [3.05, 3.63) is 58.6 Å². The summed E-state index contributed by atoms with van der Waals surface area (Å²) in [6.07, 6.45) is 0.979. The maximum absolute atomic E-state index is 5.73. The molecule has 2 N–H and O–H groups in total. The van der Waals surface area contributed by atoms with Crippen LogP contribution in [0.3, 0.4) is 0 Å². The summed E-state index contributed by atoms with van der Waals surface area (Å²) in [7, 11) is 0. The van der Waals surface area contributed by atoms with E-state index in [1.54, 1.807) is 11.3 Å². The molecule has 0 saturated carbocycles. The van der Waals surface area contributed by atoms with E-state index in [0.717, 1.165) is 25.1 Å². The third-order valence-electron chi connectivity index (χ3n) is 3.61. The summed E-state index contributed by atoms with van der Waals surface area (Å²) in [6.45, 7) is 2.96. The summed E-state index contributed by atoms with van der Waals surface area (Å²) in [5, 5.41) is 8.07. The zero-order valence-electron chi connectivity index (χ0n) is 13.3. The van der Waals surface area contributed by atoms with Crippen molar-refractivity contribution >= 4 is 23.7 Å². The minimum absolute atomic E-state index is 0. The molecular weight excluding hydrogens is 344 g/mol.